The molecule has 1 aromatic carbocycles. The van der Waals surface area contributed by atoms with Gasteiger partial charge < -0.3 is 10.2 Å². The molecule has 0 saturated carbocycles. The molecule has 0 radical (unpaired) electrons. The molecule has 2 aromatic rings. The molecule has 1 aliphatic heterocycles. The molecule has 7 heteroatoms. The third kappa shape index (κ3) is 3.56. The molecule has 2 heterocycles. The summed E-state index contributed by atoms with van der Waals surface area (Å²) in [6.07, 6.45) is 2.73. The Bertz CT molecular complexity index is 654. The molecule has 1 aromatic heterocycles. The van der Waals surface area contributed by atoms with Gasteiger partial charge >= 0.3 is 0 Å². The quantitative estimate of drug-likeness (QED) is 0.910. The highest BCUT2D eigenvalue weighted by Gasteiger charge is 2.17. The molecule has 1 amide bonds. The zero-order valence-corrected chi connectivity index (χ0v) is 13.7. The van der Waals surface area contributed by atoms with Crippen molar-refractivity contribution in [2.45, 2.75) is 19.3 Å². The van der Waals surface area contributed by atoms with Gasteiger partial charge in [0.1, 0.15) is 0 Å². The molecule has 116 valence electrons. The summed E-state index contributed by atoms with van der Waals surface area (Å²) in [5.41, 5.74) is 0.878. The van der Waals surface area contributed by atoms with Gasteiger partial charge in [0.05, 0.1) is 5.02 Å². The number of benzene rings is 1. The molecular weight excluding hydrogens is 320 g/mol. The maximum absolute atomic E-state index is 11.9. The summed E-state index contributed by atoms with van der Waals surface area (Å²) in [6.45, 7) is 2.37. The summed E-state index contributed by atoms with van der Waals surface area (Å²) in [4.78, 5) is 13.9. The zero-order valence-electron chi connectivity index (χ0n) is 12.1. The van der Waals surface area contributed by atoms with Crippen LogP contribution in [-0.4, -0.2) is 40.6 Å². The fraction of sp³-hybridized carbons (Fsp3) is 0.400. The van der Waals surface area contributed by atoms with E-state index in [1.807, 2.05) is 29.2 Å². The number of carbonyl (C=O) groups is 1. The minimum Gasteiger partial charge on any atom is -0.360 e. The van der Waals surface area contributed by atoms with Gasteiger partial charge in [-0.15, -0.1) is 10.2 Å². The Morgan fingerprint density at radius 1 is 1.27 bits per heavy atom. The highest BCUT2D eigenvalue weighted by molar-refractivity contribution is 7.18. The lowest BCUT2D eigenvalue weighted by molar-refractivity contribution is -0.129. The van der Waals surface area contributed by atoms with Crippen LogP contribution in [0.4, 0.5) is 5.13 Å². The Morgan fingerprint density at radius 3 is 2.82 bits per heavy atom. The largest absolute Gasteiger partial charge is 0.360 e. The first-order valence-corrected chi connectivity index (χ1v) is 8.53. The average Bonchev–Trinajstić information content (AvgIpc) is 3.19. The van der Waals surface area contributed by atoms with Crippen molar-refractivity contribution < 1.29 is 4.79 Å². The Labute approximate surface area is 138 Å². The number of nitrogens with one attached hydrogen (secondary N) is 1. The fourth-order valence-corrected chi connectivity index (χ4v) is 3.53. The standard InChI is InChI=1S/C15H17ClN4OS/c16-12-6-2-1-5-11(12)14-18-19-15(22-14)17-8-7-13(21)20-9-3-4-10-20/h1-2,5-6H,3-4,7-10H2,(H,17,19). The fourth-order valence-electron chi connectivity index (χ4n) is 2.44. The first kappa shape index (κ1) is 15.2. The van der Waals surface area contributed by atoms with Crippen LogP contribution in [0.25, 0.3) is 10.6 Å². The lowest BCUT2D eigenvalue weighted by atomic mass is 10.2. The smallest absolute Gasteiger partial charge is 0.224 e. The van der Waals surface area contributed by atoms with E-state index < -0.39 is 0 Å². The van der Waals surface area contributed by atoms with Crippen molar-refractivity contribution >= 4 is 34.0 Å². The van der Waals surface area contributed by atoms with Crippen LogP contribution in [0.1, 0.15) is 19.3 Å². The van der Waals surface area contributed by atoms with E-state index in [0.29, 0.717) is 23.1 Å². The molecular formula is C15H17ClN4OS. The van der Waals surface area contributed by atoms with Crippen molar-refractivity contribution in [1.29, 1.82) is 0 Å². The van der Waals surface area contributed by atoms with E-state index >= 15 is 0 Å². The van der Waals surface area contributed by atoms with Crippen molar-refractivity contribution in [3.63, 3.8) is 0 Å². The normalized spacial score (nSPS) is 14.3. The Balaban J connectivity index is 1.54. The van der Waals surface area contributed by atoms with E-state index in [4.69, 9.17) is 11.6 Å². The summed E-state index contributed by atoms with van der Waals surface area (Å²) in [6, 6.07) is 7.56. The van der Waals surface area contributed by atoms with Gasteiger partial charge in [0.2, 0.25) is 11.0 Å². The lowest BCUT2D eigenvalue weighted by Crippen LogP contribution is -2.29. The summed E-state index contributed by atoms with van der Waals surface area (Å²) in [5.74, 6) is 0.209. The van der Waals surface area contributed by atoms with Crippen molar-refractivity contribution in [3.05, 3.63) is 29.3 Å². The maximum Gasteiger partial charge on any atom is 0.224 e. The van der Waals surface area contributed by atoms with Gasteiger partial charge in [-0.05, 0) is 18.9 Å². The summed E-state index contributed by atoms with van der Waals surface area (Å²) in [7, 11) is 0. The minimum atomic E-state index is 0.209. The van der Waals surface area contributed by atoms with E-state index in [1.54, 1.807) is 0 Å². The third-order valence-electron chi connectivity index (χ3n) is 3.60. The van der Waals surface area contributed by atoms with Crippen LogP contribution in [0.2, 0.25) is 5.02 Å². The van der Waals surface area contributed by atoms with Gasteiger partial charge in [-0.1, -0.05) is 41.1 Å². The second-order valence-electron chi connectivity index (χ2n) is 5.16. The van der Waals surface area contributed by atoms with Crippen LogP contribution in [0.3, 0.4) is 0 Å². The predicted molar refractivity (Wildman–Crippen MR) is 89.3 cm³/mol. The first-order valence-electron chi connectivity index (χ1n) is 7.34. The molecule has 1 saturated heterocycles. The number of hydrogen-bond acceptors (Lipinski definition) is 5. The second kappa shape index (κ2) is 7.07. The van der Waals surface area contributed by atoms with Crippen molar-refractivity contribution in [3.8, 4) is 10.6 Å². The van der Waals surface area contributed by atoms with Gasteiger partial charge in [-0.3, -0.25) is 4.79 Å². The molecule has 22 heavy (non-hydrogen) atoms. The lowest BCUT2D eigenvalue weighted by Gasteiger charge is -2.14. The van der Waals surface area contributed by atoms with Gasteiger partial charge in [0.15, 0.2) is 5.01 Å². The van der Waals surface area contributed by atoms with Crippen LogP contribution in [0.15, 0.2) is 24.3 Å². The number of likely N-dealkylation sites (tertiary alicyclic amines) is 1. The molecule has 5 nitrogen and oxygen atoms in total. The Hall–Kier alpha value is -1.66. The van der Waals surface area contributed by atoms with E-state index in [1.165, 1.54) is 11.3 Å². The number of anilines is 1. The van der Waals surface area contributed by atoms with E-state index in [9.17, 15) is 4.79 Å². The maximum atomic E-state index is 11.9. The second-order valence-corrected chi connectivity index (χ2v) is 6.54. The van der Waals surface area contributed by atoms with Crippen LogP contribution >= 0.6 is 22.9 Å². The van der Waals surface area contributed by atoms with Crippen LogP contribution in [0, 0.1) is 0 Å². The molecule has 0 bridgehead atoms. The number of hydrogen-bond donors (Lipinski definition) is 1. The van der Waals surface area contributed by atoms with E-state index in [-0.39, 0.29) is 5.91 Å². The molecule has 1 aliphatic rings. The van der Waals surface area contributed by atoms with Crippen LogP contribution < -0.4 is 5.32 Å². The molecule has 1 fully saturated rings. The number of aromatic nitrogens is 2. The van der Waals surface area contributed by atoms with Crippen molar-refractivity contribution in [1.82, 2.24) is 15.1 Å². The van der Waals surface area contributed by atoms with Crippen LogP contribution in [-0.2, 0) is 4.79 Å². The summed E-state index contributed by atoms with van der Waals surface area (Å²) >= 11 is 7.60. The highest BCUT2D eigenvalue weighted by Crippen LogP contribution is 2.31. The average molecular weight is 337 g/mol. The molecule has 0 unspecified atom stereocenters. The minimum absolute atomic E-state index is 0.209. The van der Waals surface area contributed by atoms with Gasteiger partial charge in [-0.25, -0.2) is 0 Å². The number of rotatable bonds is 5. The Kier molecular flexibility index (Phi) is 4.90. The molecule has 0 aliphatic carbocycles. The van der Waals surface area contributed by atoms with E-state index in [0.717, 1.165) is 36.5 Å². The topological polar surface area (TPSA) is 58.1 Å². The number of amides is 1. The number of nitrogens with zero attached hydrogens (tertiary/aromatic N) is 3. The highest BCUT2D eigenvalue weighted by atomic mass is 35.5. The van der Waals surface area contributed by atoms with E-state index in [2.05, 4.69) is 15.5 Å². The molecule has 0 spiro atoms. The van der Waals surface area contributed by atoms with Gasteiger partial charge in [0.25, 0.3) is 0 Å². The Morgan fingerprint density at radius 2 is 2.05 bits per heavy atom. The van der Waals surface area contributed by atoms with Crippen molar-refractivity contribution in [2.75, 3.05) is 25.0 Å². The number of carbonyl (C=O) groups excluding carboxylic acids is 1. The monoisotopic (exact) mass is 336 g/mol. The van der Waals surface area contributed by atoms with Gasteiger partial charge in [-0.2, -0.15) is 0 Å². The molecule has 0 atom stereocenters. The predicted octanol–water partition coefficient (Wildman–Crippen LogP) is 3.28. The zero-order chi connectivity index (χ0) is 15.4. The molecule has 3 rings (SSSR count). The SMILES string of the molecule is O=C(CCNc1nnc(-c2ccccc2Cl)s1)N1CCCC1. The number of halogens is 1. The van der Waals surface area contributed by atoms with Gasteiger partial charge in [0, 0.05) is 31.6 Å². The summed E-state index contributed by atoms with van der Waals surface area (Å²) < 4.78 is 0. The third-order valence-corrected chi connectivity index (χ3v) is 4.85. The summed E-state index contributed by atoms with van der Waals surface area (Å²) in [5, 5.41) is 13.6. The van der Waals surface area contributed by atoms with Crippen molar-refractivity contribution in [2.24, 2.45) is 0 Å². The molecule has 1 N–H and O–H groups in total. The van der Waals surface area contributed by atoms with Crippen LogP contribution in [0.5, 0.6) is 0 Å². The first-order chi connectivity index (χ1) is 10.7.